The second-order valence-electron chi connectivity index (χ2n) is 8.32. The van der Waals surface area contributed by atoms with E-state index in [4.69, 9.17) is 17.3 Å². The summed E-state index contributed by atoms with van der Waals surface area (Å²) in [5, 5.41) is 9.06. The first kappa shape index (κ1) is 24.2. The van der Waals surface area contributed by atoms with Gasteiger partial charge in [-0.25, -0.2) is 22.7 Å². The minimum absolute atomic E-state index is 0.0109. The summed E-state index contributed by atoms with van der Waals surface area (Å²) in [5.41, 5.74) is 6.23. The molecule has 0 aliphatic carbocycles. The second-order valence-corrected chi connectivity index (χ2v) is 10.8. The van der Waals surface area contributed by atoms with E-state index in [1.54, 1.807) is 11.4 Å². The molecule has 1 aromatic heterocycles. The van der Waals surface area contributed by atoms with Crippen LogP contribution in [0.25, 0.3) is 0 Å². The Hall–Kier alpha value is -2.96. The number of carbonyl (C=O) groups is 1. The highest BCUT2D eigenvalue weighted by atomic mass is 35.5. The number of nitrogens with two attached hydrogens (primary N) is 1. The highest BCUT2D eigenvalue weighted by Gasteiger charge is 2.42. The zero-order valence-electron chi connectivity index (χ0n) is 18.7. The van der Waals surface area contributed by atoms with Crippen LogP contribution in [0, 0.1) is 0 Å². The van der Waals surface area contributed by atoms with Gasteiger partial charge in [0.25, 0.3) is 0 Å². The van der Waals surface area contributed by atoms with Crippen molar-refractivity contribution in [2.75, 3.05) is 43.5 Å². The standard InChI is InChI=1S/C21H27ClN8O3S/c1-24-18-15(26-16(22)17(23)27-18)19(31)28-20-25-13-21(29-20)8-10-30(11-9-21)34(32,33)12-7-14-5-3-2-4-6-14/h2-6H,7-13H2,1H3,(H3,23,24,27)(H2,25,28,29,31). The fourth-order valence-electron chi connectivity index (χ4n) is 4.08. The van der Waals surface area contributed by atoms with Gasteiger partial charge in [-0.15, -0.1) is 0 Å². The molecule has 0 unspecified atom stereocenters. The van der Waals surface area contributed by atoms with Gasteiger partial charge in [0.2, 0.25) is 10.0 Å². The van der Waals surface area contributed by atoms with Crippen molar-refractivity contribution in [3.8, 4) is 0 Å². The predicted molar refractivity (Wildman–Crippen MR) is 131 cm³/mol. The number of anilines is 2. The topological polar surface area (TPSA) is 155 Å². The normalized spacial score (nSPS) is 19.1. The van der Waals surface area contributed by atoms with Gasteiger partial charge >= 0.3 is 5.91 Å². The minimum atomic E-state index is -3.36. The number of hydrogen-bond acceptors (Lipinski definition) is 7. The first-order valence-corrected chi connectivity index (χ1v) is 12.9. The third-order valence-corrected chi connectivity index (χ3v) is 8.22. The van der Waals surface area contributed by atoms with Gasteiger partial charge in [-0.1, -0.05) is 41.9 Å². The number of aromatic nitrogens is 2. The maximum Gasteiger partial charge on any atom is 0.302 e. The molecule has 182 valence electrons. The third kappa shape index (κ3) is 5.24. The van der Waals surface area contributed by atoms with Gasteiger partial charge in [-0.3, -0.25) is 4.79 Å². The molecule has 5 N–H and O–H groups in total. The van der Waals surface area contributed by atoms with Gasteiger partial charge < -0.3 is 21.7 Å². The minimum Gasteiger partial charge on any atom is -0.381 e. The number of guanidine groups is 1. The van der Waals surface area contributed by atoms with Crippen molar-refractivity contribution in [3.63, 3.8) is 0 Å². The summed E-state index contributed by atoms with van der Waals surface area (Å²) in [6, 6.07) is 9.58. The van der Waals surface area contributed by atoms with E-state index in [0.29, 0.717) is 44.9 Å². The molecule has 2 aromatic rings. The van der Waals surface area contributed by atoms with Gasteiger partial charge in [0.05, 0.1) is 11.3 Å². The van der Waals surface area contributed by atoms with Crippen LogP contribution in [-0.4, -0.2) is 72.5 Å². The van der Waals surface area contributed by atoms with E-state index in [1.165, 1.54) is 0 Å². The highest BCUT2D eigenvalue weighted by molar-refractivity contribution is 7.89. The van der Waals surface area contributed by atoms with E-state index < -0.39 is 15.9 Å². The number of aryl methyl sites for hydroxylation is 1. The van der Waals surface area contributed by atoms with Crippen LogP contribution in [0.15, 0.2) is 35.3 Å². The number of carbonyl (C=O) groups excluding carboxylic acids is 1. The van der Waals surface area contributed by atoms with Gasteiger partial charge in [0.15, 0.2) is 28.4 Å². The molecule has 1 amide bonds. The number of nitrogens with one attached hydrogen (secondary N) is 3. The van der Waals surface area contributed by atoms with Gasteiger partial charge in [0.1, 0.15) is 0 Å². The fourth-order valence-corrected chi connectivity index (χ4v) is 5.70. The molecule has 2 aliphatic heterocycles. The number of sulfonamides is 1. The molecule has 1 aromatic carbocycles. The first-order valence-electron chi connectivity index (χ1n) is 10.9. The summed E-state index contributed by atoms with van der Waals surface area (Å²) < 4.78 is 27.2. The van der Waals surface area contributed by atoms with Crippen molar-refractivity contribution in [1.29, 1.82) is 0 Å². The van der Waals surface area contributed by atoms with Crippen LogP contribution in [-0.2, 0) is 16.4 Å². The molecule has 0 saturated carbocycles. The maximum absolute atomic E-state index is 12.8. The van der Waals surface area contributed by atoms with Crippen LogP contribution in [0.1, 0.15) is 28.9 Å². The molecule has 0 atom stereocenters. The Morgan fingerprint density at radius 3 is 2.65 bits per heavy atom. The van der Waals surface area contributed by atoms with E-state index in [9.17, 15) is 13.2 Å². The van der Waals surface area contributed by atoms with Crippen molar-refractivity contribution in [3.05, 3.63) is 46.7 Å². The van der Waals surface area contributed by atoms with E-state index in [-0.39, 0.29) is 33.8 Å². The predicted octanol–water partition coefficient (Wildman–Crippen LogP) is 0.850. The van der Waals surface area contributed by atoms with Crippen LogP contribution in [0.4, 0.5) is 11.6 Å². The number of nitrogen functional groups attached to an aromatic ring is 1. The highest BCUT2D eigenvalue weighted by Crippen LogP contribution is 2.27. The summed E-state index contributed by atoms with van der Waals surface area (Å²) >= 11 is 5.92. The van der Waals surface area contributed by atoms with E-state index in [0.717, 1.165) is 5.56 Å². The monoisotopic (exact) mass is 506 g/mol. The number of amides is 1. The smallest absolute Gasteiger partial charge is 0.302 e. The lowest BCUT2D eigenvalue weighted by molar-refractivity contribution is 0.0998. The third-order valence-electron chi connectivity index (χ3n) is 6.07. The van der Waals surface area contributed by atoms with Gasteiger partial charge in [0, 0.05) is 26.7 Å². The quantitative estimate of drug-likeness (QED) is 0.446. The number of aliphatic imine (C=N–C) groups is 1. The van der Waals surface area contributed by atoms with E-state index in [2.05, 4.69) is 30.9 Å². The Balaban J connectivity index is 1.37. The first-order chi connectivity index (χ1) is 16.2. The lowest BCUT2D eigenvalue weighted by Crippen LogP contribution is -2.54. The summed E-state index contributed by atoms with van der Waals surface area (Å²) in [7, 11) is -1.77. The molecule has 0 radical (unpaired) electrons. The van der Waals surface area contributed by atoms with Gasteiger partial charge in [-0.05, 0) is 24.8 Å². The molecule has 13 heteroatoms. The van der Waals surface area contributed by atoms with Crippen LogP contribution >= 0.6 is 11.6 Å². The molecule has 34 heavy (non-hydrogen) atoms. The summed E-state index contributed by atoms with van der Waals surface area (Å²) in [6.07, 6.45) is 1.66. The molecule has 2 aliphatic rings. The zero-order valence-corrected chi connectivity index (χ0v) is 20.3. The molecule has 3 heterocycles. The Kier molecular flexibility index (Phi) is 6.91. The van der Waals surface area contributed by atoms with E-state index in [1.807, 2.05) is 30.3 Å². The Morgan fingerprint density at radius 1 is 1.26 bits per heavy atom. The van der Waals surface area contributed by atoms with Crippen LogP contribution in [0.5, 0.6) is 0 Å². The van der Waals surface area contributed by atoms with Crippen LogP contribution in [0.2, 0.25) is 5.15 Å². The number of benzene rings is 1. The van der Waals surface area contributed by atoms with Crippen molar-refractivity contribution in [1.82, 2.24) is 24.9 Å². The molecule has 0 bridgehead atoms. The molecule has 2 fully saturated rings. The van der Waals surface area contributed by atoms with Crippen molar-refractivity contribution in [2.45, 2.75) is 24.8 Å². The lowest BCUT2D eigenvalue weighted by atomic mass is 9.90. The lowest BCUT2D eigenvalue weighted by Gasteiger charge is -2.38. The molecule has 2 saturated heterocycles. The number of piperidine rings is 1. The van der Waals surface area contributed by atoms with Crippen molar-refractivity contribution >= 4 is 45.1 Å². The van der Waals surface area contributed by atoms with Crippen molar-refractivity contribution in [2.24, 2.45) is 4.99 Å². The largest absolute Gasteiger partial charge is 0.381 e. The summed E-state index contributed by atoms with van der Waals surface area (Å²) in [6.45, 7) is 1.33. The Bertz CT molecular complexity index is 1200. The number of nitrogens with zero attached hydrogens (tertiary/aromatic N) is 4. The molecular formula is C21H27ClN8O3S. The summed E-state index contributed by atoms with van der Waals surface area (Å²) in [5.74, 6) is -0.0563. The van der Waals surface area contributed by atoms with Crippen molar-refractivity contribution < 1.29 is 13.2 Å². The average molecular weight is 507 g/mol. The molecule has 11 nitrogen and oxygen atoms in total. The maximum atomic E-state index is 12.8. The Morgan fingerprint density at radius 2 is 1.97 bits per heavy atom. The van der Waals surface area contributed by atoms with Gasteiger partial charge in [-0.2, -0.15) is 4.99 Å². The molecule has 1 spiro atoms. The Labute approximate surface area is 203 Å². The molecule has 4 rings (SSSR count). The van der Waals surface area contributed by atoms with Crippen LogP contribution in [0.3, 0.4) is 0 Å². The zero-order chi connectivity index (χ0) is 24.3. The second kappa shape index (κ2) is 9.72. The summed E-state index contributed by atoms with van der Waals surface area (Å²) in [4.78, 5) is 24.8. The van der Waals surface area contributed by atoms with Crippen LogP contribution < -0.4 is 21.7 Å². The average Bonchev–Trinajstić information content (AvgIpc) is 3.21. The number of rotatable bonds is 6. The number of halogens is 1. The fraction of sp³-hybridized carbons (Fsp3) is 0.429. The van der Waals surface area contributed by atoms with E-state index >= 15 is 0 Å². The SMILES string of the molecule is CNc1nc(N)c(Cl)nc1C(=O)/N=C1\NCC2(CCN(S(=O)(=O)CCc3ccccc3)CC2)N1. The molecular weight excluding hydrogens is 480 g/mol. The number of hydrogen-bond donors (Lipinski definition) is 4.